The zero-order valence-corrected chi connectivity index (χ0v) is 18.6. The van der Waals surface area contributed by atoms with E-state index in [9.17, 15) is 28.1 Å². The van der Waals surface area contributed by atoms with Crippen molar-refractivity contribution in [2.75, 3.05) is 37.6 Å². The molecule has 11 heteroatoms. The van der Waals surface area contributed by atoms with Crippen LogP contribution >= 0.6 is 0 Å². The Labute approximate surface area is 194 Å². The van der Waals surface area contributed by atoms with Crippen LogP contribution in [0.15, 0.2) is 41.0 Å². The SMILES string of the molecule is O=C(NCC(c1ccco1)N1CCCC1)C1CCN(c2ccc(C(F)(F)F)cc2[N+](=O)[O-])CC1. The molecule has 0 spiro atoms. The fourth-order valence-electron chi connectivity index (χ4n) is 4.78. The van der Waals surface area contributed by atoms with Crippen LogP contribution in [-0.4, -0.2) is 48.5 Å². The Kier molecular flexibility index (Phi) is 7.11. The number of nitrogens with zero attached hydrogens (tertiary/aromatic N) is 3. The van der Waals surface area contributed by atoms with E-state index in [4.69, 9.17) is 4.42 Å². The maximum absolute atomic E-state index is 13.0. The Morgan fingerprint density at radius 1 is 1.18 bits per heavy atom. The van der Waals surface area contributed by atoms with Crippen LogP contribution in [0.2, 0.25) is 0 Å². The van der Waals surface area contributed by atoms with Gasteiger partial charge in [0, 0.05) is 31.6 Å². The summed E-state index contributed by atoms with van der Waals surface area (Å²) in [7, 11) is 0. The van der Waals surface area contributed by atoms with Gasteiger partial charge in [0.25, 0.3) is 5.69 Å². The van der Waals surface area contributed by atoms with Crippen LogP contribution in [0.3, 0.4) is 0 Å². The van der Waals surface area contributed by atoms with Crippen LogP contribution in [0.25, 0.3) is 0 Å². The van der Waals surface area contributed by atoms with Crippen LogP contribution in [0.5, 0.6) is 0 Å². The maximum Gasteiger partial charge on any atom is 0.416 e. The molecular formula is C23H27F3N4O4. The maximum atomic E-state index is 13.0. The van der Waals surface area contributed by atoms with Gasteiger partial charge in [-0.1, -0.05) is 0 Å². The molecule has 0 radical (unpaired) electrons. The first-order valence-corrected chi connectivity index (χ1v) is 11.4. The highest BCUT2D eigenvalue weighted by Crippen LogP contribution is 2.37. The van der Waals surface area contributed by atoms with E-state index in [1.54, 1.807) is 11.2 Å². The summed E-state index contributed by atoms with van der Waals surface area (Å²) in [5.74, 6) is 0.463. The monoisotopic (exact) mass is 480 g/mol. The van der Waals surface area contributed by atoms with Gasteiger partial charge in [0.05, 0.1) is 22.8 Å². The van der Waals surface area contributed by atoms with Crippen LogP contribution in [0.4, 0.5) is 24.5 Å². The fraction of sp³-hybridized carbons (Fsp3) is 0.522. The average molecular weight is 480 g/mol. The third-order valence-corrected chi connectivity index (χ3v) is 6.63. The van der Waals surface area contributed by atoms with Crippen molar-refractivity contribution in [3.63, 3.8) is 0 Å². The van der Waals surface area contributed by atoms with Gasteiger partial charge in [-0.15, -0.1) is 0 Å². The normalized spacial score (nSPS) is 18.7. The first-order valence-electron chi connectivity index (χ1n) is 11.4. The van der Waals surface area contributed by atoms with Gasteiger partial charge in [-0.25, -0.2) is 0 Å². The van der Waals surface area contributed by atoms with Gasteiger partial charge >= 0.3 is 6.18 Å². The predicted molar refractivity (Wildman–Crippen MR) is 118 cm³/mol. The number of rotatable bonds is 7. The van der Waals surface area contributed by atoms with E-state index in [2.05, 4.69) is 10.2 Å². The van der Waals surface area contributed by atoms with Gasteiger partial charge in [0.2, 0.25) is 5.91 Å². The van der Waals surface area contributed by atoms with Crippen molar-refractivity contribution >= 4 is 17.3 Å². The molecule has 2 aromatic rings. The number of likely N-dealkylation sites (tertiary alicyclic amines) is 1. The lowest BCUT2D eigenvalue weighted by Crippen LogP contribution is -2.43. The highest BCUT2D eigenvalue weighted by molar-refractivity contribution is 5.79. The van der Waals surface area contributed by atoms with Crippen molar-refractivity contribution in [3.8, 4) is 0 Å². The zero-order chi connectivity index (χ0) is 24.3. The minimum atomic E-state index is -4.66. The number of benzene rings is 1. The second-order valence-corrected chi connectivity index (χ2v) is 8.74. The molecule has 0 bridgehead atoms. The third kappa shape index (κ3) is 5.35. The summed E-state index contributed by atoms with van der Waals surface area (Å²) in [5, 5.41) is 14.4. The molecule has 1 amide bonds. The van der Waals surface area contributed by atoms with E-state index in [0.717, 1.165) is 43.8 Å². The molecule has 1 atom stereocenters. The number of piperidine rings is 1. The highest BCUT2D eigenvalue weighted by atomic mass is 19.4. The molecule has 8 nitrogen and oxygen atoms in total. The Bertz CT molecular complexity index is 998. The largest absolute Gasteiger partial charge is 0.468 e. The summed E-state index contributed by atoms with van der Waals surface area (Å²) in [6.07, 6.45) is 0.102. The number of nitro benzene ring substituents is 1. The predicted octanol–water partition coefficient (Wildman–Crippen LogP) is 4.38. The fourth-order valence-corrected chi connectivity index (χ4v) is 4.78. The Hall–Kier alpha value is -3.08. The molecule has 1 aromatic heterocycles. The zero-order valence-electron chi connectivity index (χ0n) is 18.6. The van der Waals surface area contributed by atoms with Crippen LogP contribution in [0, 0.1) is 16.0 Å². The number of alkyl halides is 3. The molecule has 2 aliphatic rings. The standard InChI is InChI=1S/C23H27F3N4O4/c24-23(25,26)17-5-6-18(19(14-17)30(32)33)29-11-7-16(8-12-29)22(31)27-15-20(21-4-3-13-34-21)28-9-1-2-10-28/h3-6,13-14,16,20H,1-2,7-12,15H2,(H,27,31). The van der Waals surface area contributed by atoms with Gasteiger partial charge in [-0.3, -0.25) is 19.8 Å². The van der Waals surface area contributed by atoms with Crippen molar-refractivity contribution in [1.29, 1.82) is 0 Å². The number of hydrogen-bond donors (Lipinski definition) is 1. The Balaban J connectivity index is 1.36. The molecule has 4 rings (SSSR count). The van der Waals surface area contributed by atoms with E-state index in [1.807, 2.05) is 12.1 Å². The second-order valence-electron chi connectivity index (χ2n) is 8.74. The highest BCUT2D eigenvalue weighted by Gasteiger charge is 2.35. The Morgan fingerprint density at radius 2 is 1.88 bits per heavy atom. The minimum Gasteiger partial charge on any atom is -0.468 e. The number of halogens is 3. The molecule has 1 aromatic carbocycles. The number of anilines is 1. The lowest BCUT2D eigenvalue weighted by molar-refractivity contribution is -0.384. The van der Waals surface area contributed by atoms with E-state index < -0.39 is 22.4 Å². The van der Waals surface area contributed by atoms with E-state index >= 15 is 0 Å². The molecule has 3 heterocycles. The Morgan fingerprint density at radius 3 is 2.47 bits per heavy atom. The van der Waals surface area contributed by atoms with Gasteiger partial charge in [-0.05, 0) is 63.0 Å². The lowest BCUT2D eigenvalue weighted by atomic mass is 9.95. The van der Waals surface area contributed by atoms with Crippen LogP contribution < -0.4 is 10.2 Å². The molecule has 34 heavy (non-hydrogen) atoms. The molecule has 0 saturated carbocycles. The first kappa shape index (κ1) is 24.1. The molecule has 0 aliphatic carbocycles. The third-order valence-electron chi connectivity index (χ3n) is 6.63. The number of hydrogen-bond acceptors (Lipinski definition) is 6. The van der Waals surface area contributed by atoms with Gasteiger partial charge in [0.15, 0.2) is 0 Å². The van der Waals surface area contributed by atoms with Crippen molar-refractivity contribution in [2.45, 2.75) is 37.9 Å². The quantitative estimate of drug-likeness (QED) is 0.467. The van der Waals surface area contributed by atoms with Crippen molar-refractivity contribution < 1.29 is 27.3 Å². The molecule has 2 fully saturated rings. The van der Waals surface area contributed by atoms with Crippen molar-refractivity contribution in [3.05, 3.63) is 58.0 Å². The lowest BCUT2D eigenvalue weighted by Gasteiger charge is -2.33. The summed E-state index contributed by atoms with van der Waals surface area (Å²) in [4.78, 5) is 27.4. The first-order chi connectivity index (χ1) is 16.2. The molecular weight excluding hydrogens is 453 g/mol. The number of furan rings is 1. The van der Waals surface area contributed by atoms with Crippen LogP contribution in [-0.2, 0) is 11.0 Å². The molecule has 2 aliphatic heterocycles. The summed E-state index contributed by atoms with van der Waals surface area (Å²) < 4.78 is 44.5. The summed E-state index contributed by atoms with van der Waals surface area (Å²) >= 11 is 0. The van der Waals surface area contributed by atoms with Crippen molar-refractivity contribution in [1.82, 2.24) is 10.2 Å². The number of nitro groups is 1. The van der Waals surface area contributed by atoms with Gasteiger partial charge < -0.3 is 14.6 Å². The minimum absolute atomic E-state index is 0.0312. The average Bonchev–Trinajstić information content (AvgIpc) is 3.53. The number of nitrogens with one attached hydrogen (secondary N) is 1. The second kappa shape index (κ2) is 10.0. The molecule has 2 saturated heterocycles. The van der Waals surface area contributed by atoms with Crippen molar-refractivity contribution in [2.24, 2.45) is 5.92 Å². The van der Waals surface area contributed by atoms with E-state index in [-0.39, 0.29) is 23.6 Å². The van der Waals surface area contributed by atoms with E-state index in [0.29, 0.717) is 38.5 Å². The van der Waals surface area contributed by atoms with Crippen LogP contribution in [0.1, 0.15) is 43.0 Å². The number of carbonyl (C=O) groups excluding carboxylic acids is 1. The molecule has 184 valence electrons. The summed E-state index contributed by atoms with van der Waals surface area (Å²) in [6, 6.07) is 6.28. The van der Waals surface area contributed by atoms with E-state index in [1.165, 1.54) is 0 Å². The molecule has 1 unspecified atom stereocenters. The van der Waals surface area contributed by atoms with Gasteiger partial charge in [0.1, 0.15) is 11.4 Å². The number of carbonyl (C=O) groups is 1. The number of amides is 1. The summed E-state index contributed by atoms with van der Waals surface area (Å²) in [5.41, 5.74) is -1.49. The molecule has 1 N–H and O–H groups in total. The van der Waals surface area contributed by atoms with Gasteiger partial charge in [-0.2, -0.15) is 13.2 Å². The summed E-state index contributed by atoms with van der Waals surface area (Å²) in [6.45, 7) is 3.02. The smallest absolute Gasteiger partial charge is 0.416 e. The topological polar surface area (TPSA) is 91.9 Å².